The summed E-state index contributed by atoms with van der Waals surface area (Å²) in [6.45, 7) is 0. The molecule has 0 aliphatic carbocycles. The van der Waals surface area contributed by atoms with E-state index in [2.05, 4.69) is 0 Å². The molecule has 0 aromatic heterocycles. The smallest absolute Gasteiger partial charge is 2.00 e. The minimum Gasteiger partial charge on any atom is -2.00 e. The summed E-state index contributed by atoms with van der Waals surface area (Å²) in [4.78, 5) is 0. The Morgan fingerprint density at radius 3 is 1.00 bits per heavy atom. The second kappa shape index (κ2) is 16.4. The van der Waals surface area contributed by atoms with Crippen molar-refractivity contribution in [3.63, 3.8) is 0 Å². The molecule has 0 unspecified atom stereocenters. The average molecular weight is 321 g/mol. The van der Waals surface area contributed by atoms with Gasteiger partial charge in [-0.05, 0) is 0 Å². The fourth-order valence-corrected chi connectivity index (χ4v) is 0. The Kier molecular flexibility index (Phi) is 112. The first-order chi connectivity index (χ1) is 0. The third-order valence-electron chi connectivity index (χ3n) is 0. The van der Waals surface area contributed by atoms with Crippen LogP contribution in [0.4, 0.5) is 0 Å². The van der Waals surface area contributed by atoms with E-state index >= 15 is 0 Å². The second-order valence-electron chi connectivity index (χ2n) is 0. The summed E-state index contributed by atoms with van der Waals surface area (Å²) in [6.07, 6.45) is 0. The van der Waals surface area contributed by atoms with E-state index in [1.165, 1.54) is 0 Å². The molecule has 0 N–H and O–H groups in total. The van der Waals surface area contributed by atoms with Crippen LogP contribution in [0.5, 0.6) is 0 Å². The Morgan fingerprint density at radius 2 is 1.00 bits per heavy atom. The topological polar surface area (TPSA) is 28.5 Å². The fourth-order valence-electron chi connectivity index (χ4n) is 0. The van der Waals surface area contributed by atoms with Crippen LogP contribution in [0.1, 0.15) is 0 Å². The zero-order valence-electron chi connectivity index (χ0n) is 2.10. The van der Waals surface area contributed by atoms with Crippen molar-refractivity contribution in [3.05, 3.63) is 0 Å². The van der Waals surface area contributed by atoms with Crippen molar-refractivity contribution in [2.24, 2.45) is 0 Å². The van der Waals surface area contributed by atoms with Gasteiger partial charge in [0, 0.05) is 0 Å². The van der Waals surface area contributed by atoms with Crippen LogP contribution in [0, 0.1) is 0 Å². The summed E-state index contributed by atoms with van der Waals surface area (Å²) in [5, 5.41) is 0. The van der Waals surface area contributed by atoms with Crippen molar-refractivity contribution < 1.29 is 38.2 Å². The third kappa shape index (κ3) is 8.94. The Labute approximate surface area is 101 Å². The van der Waals surface area contributed by atoms with Crippen LogP contribution >= 0.6 is 0 Å². The number of rotatable bonds is 0. The van der Waals surface area contributed by atoms with E-state index in [0.717, 1.165) is 0 Å². The van der Waals surface area contributed by atoms with Crippen LogP contribution in [-0.2, 0) is 38.2 Å². The van der Waals surface area contributed by atoms with Gasteiger partial charge in [0.2, 0.25) is 0 Å². The van der Waals surface area contributed by atoms with Gasteiger partial charge < -0.3 is 5.48 Å². The average Bonchev–Trinajstić information content (AvgIpc) is 0. The predicted molar refractivity (Wildman–Crippen MR) is 12.2 cm³/mol. The summed E-state index contributed by atoms with van der Waals surface area (Å²) >= 11 is 0. The van der Waals surface area contributed by atoms with E-state index in [0.29, 0.717) is 0 Å². The molecule has 0 heterocycles. The molecule has 0 aromatic carbocycles. The van der Waals surface area contributed by atoms with E-state index in [1.807, 2.05) is 0 Å². The molecule has 4 heteroatoms. The number of hydrogen-bond donors (Lipinski definition) is 0. The zero-order chi connectivity index (χ0) is 0. The molecule has 4 radical (unpaired) electrons. The number of hydrogen-bond acceptors (Lipinski definition) is 0. The zero-order valence-corrected chi connectivity index (χ0v) is 11.1. The SMILES string of the molecule is [Ba+2].[O-2].[Se+2].[Y+3]. The molecule has 0 amide bonds. The van der Waals surface area contributed by atoms with Gasteiger partial charge in [-0.1, -0.05) is 0 Å². The van der Waals surface area contributed by atoms with Crippen molar-refractivity contribution in [1.82, 2.24) is 0 Å². The molecule has 0 fully saturated rings. The quantitative estimate of drug-likeness (QED) is 0.519. The van der Waals surface area contributed by atoms with E-state index in [-0.39, 0.29) is 104 Å². The monoisotopic (exact) mass is 323 g/mol. The van der Waals surface area contributed by atoms with Gasteiger partial charge in [-0.3, -0.25) is 0 Å². The Hall–Kier alpha value is 3.15. The molecule has 0 saturated heterocycles. The maximum absolute atomic E-state index is 0. The molecule has 0 saturated carbocycles. The molecule has 4 heavy (non-hydrogen) atoms. The molecular weight excluding hydrogens is 321 g/mol. The van der Waals surface area contributed by atoms with E-state index < -0.39 is 0 Å². The van der Waals surface area contributed by atoms with E-state index in [4.69, 9.17) is 0 Å². The van der Waals surface area contributed by atoms with Gasteiger partial charge in [-0.15, -0.1) is 0 Å². The van der Waals surface area contributed by atoms with Gasteiger partial charge in [0.05, 0.1) is 0 Å². The van der Waals surface area contributed by atoms with Gasteiger partial charge in [0.15, 0.2) is 0 Å². The molecule has 0 aliphatic heterocycles. The molecule has 0 aromatic rings. The summed E-state index contributed by atoms with van der Waals surface area (Å²) in [5.41, 5.74) is 0. The van der Waals surface area contributed by atoms with Crippen LogP contribution in [0.25, 0.3) is 0 Å². The first-order valence-electron chi connectivity index (χ1n) is 0. The fraction of sp³-hybridized carbons (Fsp3) is 0. The summed E-state index contributed by atoms with van der Waals surface area (Å²) in [5.74, 6) is 0. The van der Waals surface area contributed by atoms with Crippen LogP contribution in [0.15, 0.2) is 0 Å². The minimum absolute atomic E-state index is 0. The van der Waals surface area contributed by atoms with Gasteiger partial charge >= 0.3 is 98.7 Å². The largest absolute Gasteiger partial charge is 3.00 e. The van der Waals surface area contributed by atoms with E-state index in [9.17, 15) is 0 Å². The normalized spacial score (nSPS) is 0. The van der Waals surface area contributed by atoms with E-state index in [1.54, 1.807) is 0 Å². The standard InChI is InChI=1S/Ba.O.Se.Y/q+2;-2;+2;+3. The van der Waals surface area contributed by atoms with Crippen LogP contribution < -0.4 is 0 Å². The first-order valence-corrected chi connectivity index (χ1v) is 0. The molecule has 0 bridgehead atoms. The molecule has 0 rings (SSSR count). The summed E-state index contributed by atoms with van der Waals surface area (Å²) in [7, 11) is 0. The molecule has 0 spiro atoms. The minimum atomic E-state index is 0. The Balaban J connectivity index is 0. The van der Waals surface area contributed by atoms with Gasteiger partial charge in [0.1, 0.15) is 0 Å². The molecule has 12 valence electrons. The van der Waals surface area contributed by atoms with Crippen LogP contribution in [-0.4, -0.2) is 65.9 Å². The molecule has 1 nitrogen and oxygen atoms in total. The second-order valence-corrected chi connectivity index (χ2v) is 0. The maximum atomic E-state index is 0. The van der Waals surface area contributed by atoms with Gasteiger partial charge in [-0.25, -0.2) is 0 Å². The van der Waals surface area contributed by atoms with Crippen molar-refractivity contribution >= 4 is 65.9 Å². The van der Waals surface area contributed by atoms with Gasteiger partial charge in [0.25, 0.3) is 0 Å². The van der Waals surface area contributed by atoms with Crippen molar-refractivity contribution in [2.45, 2.75) is 0 Å². The molecule has 0 aliphatic rings. The van der Waals surface area contributed by atoms with Crippen molar-refractivity contribution in [1.29, 1.82) is 0 Å². The van der Waals surface area contributed by atoms with Crippen molar-refractivity contribution in [2.75, 3.05) is 0 Å². The molecule has 0 atom stereocenters. The summed E-state index contributed by atoms with van der Waals surface area (Å²) in [6, 6.07) is 0. The first kappa shape index (κ1) is 27.2. The summed E-state index contributed by atoms with van der Waals surface area (Å²) < 4.78 is 0. The third-order valence-corrected chi connectivity index (χ3v) is 0. The Morgan fingerprint density at radius 1 is 1.00 bits per heavy atom. The maximum Gasteiger partial charge on any atom is 3.00 e. The van der Waals surface area contributed by atoms with Crippen LogP contribution in [0.3, 0.4) is 0 Å². The molecular formula is BaOSeY+5. The predicted octanol–water partition coefficient (Wildman–Crippen LogP) is -0.883. The van der Waals surface area contributed by atoms with Gasteiger partial charge in [-0.2, -0.15) is 0 Å². The van der Waals surface area contributed by atoms with Crippen LogP contribution in [0.2, 0.25) is 0 Å². The van der Waals surface area contributed by atoms with Crippen molar-refractivity contribution in [3.8, 4) is 0 Å². The Bertz CT molecular complexity index is 8.00.